The molecule has 8 heteroatoms. The molecule has 1 N–H and O–H groups in total. The Morgan fingerprint density at radius 1 is 1.15 bits per heavy atom. The molecule has 0 radical (unpaired) electrons. The Labute approximate surface area is 159 Å². The zero-order valence-corrected chi connectivity index (χ0v) is 15.6. The lowest BCUT2D eigenvalue weighted by atomic mass is 10.1. The third kappa shape index (κ3) is 4.52. The number of carbonyl (C=O) groups excluding carboxylic acids is 2. The minimum absolute atomic E-state index is 0. The number of halogens is 2. The molecule has 0 spiro atoms. The highest BCUT2D eigenvalue weighted by Crippen LogP contribution is 2.14. The van der Waals surface area contributed by atoms with E-state index in [-0.39, 0.29) is 41.9 Å². The van der Waals surface area contributed by atoms with Crippen LogP contribution >= 0.6 is 12.4 Å². The first kappa shape index (κ1) is 20.6. The van der Waals surface area contributed by atoms with Crippen molar-refractivity contribution in [1.29, 1.82) is 0 Å². The molecule has 0 saturated carbocycles. The number of nitrogens with one attached hydrogen (secondary N) is 1. The van der Waals surface area contributed by atoms with Gasteiger partial charge in [-0.2, -0.15) is 0 Å². The van der Waals surface area contributed by atoms with Crippen LogP contribution in [0.2, 0.25) is 0 Å². The van der Waals surface area contributed by atoms with Crippen molar-refractivity contribution in [3.63, 3.8) is 0 Å². The van der Waals surface area contributed by atoms with Crippen molar-refractivity contribution in [2.24, 2.45) is 0 Å². The van der Waals surface area contributed by atoms with Gasteiger partial charge in [0.15, 0.2) is 0 Å². The first-order valence-electron chi connectivity index (χ1n) is 8.75. The molecule has 0 aliphatic carbocycles. The van der Waals surface area contributed by atoms with Crippen molar-refractivity contribution in [3.8, 4) is 0 Å². The van der Waals surface area contributed by atoms with Crippen molar-refractivity contribution in [1.82, 2.24) is 15.1 Å². The van der Waals surface area contributed by atoms with Crippen LogP contribution in [0.25, 0.3) is 0 Å². The summed E-state index contributed by atoms with van der Waals surface area (Å²) in [6, 6.07) is 5.66. The van der Waals surface area contributed by atoms with E-state index in [1.54, 1.807) is 21.9 Å². The molecule has 26 heavy (non-hydrogen) atoms. The predicted octanol–water partition coefficient (Wildman–Crippen LogP) is 1.30. The van der Waals surface area contributed by atoms with Gasteiger partial charge in [0, 0.05) is 32.7 Å². The van der Waals surface area contributed by atoms with Crippen molar-refractivity contribution in [2.45, 2.75) is 25.5 Å². The molecule has 2 saturated heterocycles. The number of carbonyl (C=O) groups is 2. The van der Waals surface area contributed by atoms with Crippen LogP contribution in [0.5, 0.6) is 0 Å². The van der Waals surface area contributed by atoms with Gasteiger partial charge in [-0.05, 0) is 25.5 Å². The largest absolute Gasteiger partial charge is 0.375 e. The fourth-order valence-corrected chi connectivity index (χ4v) is 3.35. The van der Waals surface area contributed by atoms with Gasteiger partial charge in [0.2, 0.25) is 5.91 Å². The summed E-state index contributed by atoms with van der Waals surface area (Å²) in [5.74, 6) is -0.825. The van der Waals surface area contributed by atoms with Crippen LogP contribution in [-0.4, -0.2) is 73.1 Å². The van der Waals surface area contributed by atoms with Crippen LogP contribution in [-0.2, 0) is 9.53 Å². The average Bonchev–Trinajstić information content (AvgIpc) is 2.87. The van der Waals surface area contributed by atoms with E-state index in [0.717, 1.165) is 0 Å². The summed E-state index contributed by atoms with van der Waals surface area (Å²) in [6.07, 6.45) is 0.508. The van der Waals surface area contributed by atoms with Crippen molar-refractivity contribution in [2.75, 3.05) is 39.3 Å². The Kier molecular flexibility index (Phi) is 7.37. The normalized spacial score (nSPS) is 23.8. The maximum atomic E-state index is 13.9. The zero-order chi connectivity index (χ0) is 17.8. The van der Waals surface area contributed by atoms with Crippen LogP contribution < -0.4 is 5.32 Å². The Morgan fingerprint density at radius 2 is 1.85 bits per heavy atom. The van der Waals surface area contributed by atoms with Gasteiger partial charge in [-0.25, -0.2) is 4.39 Å². The fourth-order valence-electron chi connectivity index (χ4n) is 3.35. The van der Waals surface area contributed by atoms with Crippen LogP contribution in [0.3, 0.4) is 0 Å². The topological polar surface area (TPSA) is 61.9 Å². The van der Waals surface area contributed by atoms with Crippen molar-refractivity contribution in [3.05, 3.63) is 35.6 Å². The van der Waals surface area contributed by atoms with Crippen LogP contribution in [0.4, 0.5) is 4.39 Å². The van der Waals surface area contributed by atoms with Gasteiger partial charge in [0.05, 0.1) is 18.3 Å². The highest BCUT2D eigenvalue weighted by molar-refractivity contribution is 5.94. The molecule has 0 aromatic heterocycles. The quantitative estimate of drug-likeness (QED) is 0.833. The number of benzene rings is 1. The van der Waals surface area contributed by atoms with E-state index in [0.29, 0.717) is 45.8 Å². The first-order chi connectivity index (χ1) is 12.1. The summed E-state index contributed by atoms with van der Waals surface area (Å²) in [4.78, 5) is 28.7. The third-order valence-electron chi connectivity index (χ3n) is 4.78. The summed E-state index contributed by atoms with van der Waals surface area (Å²) < 4.78 is 19.4. The van der Waals surface area contributed by atoms with Gasteiger partial charge in [0.25, 0.3) is 5.91 Å². The number of hydrogen-bond donors (Lipinski definition) is 1. The maximum absolute atomic E-state index is 13.9. The van der Waals surface area contributed by atoms with E-state index in [1.807, 2.05) is 6.92 Å². The predicted molar refractivity (Wildman–Crippen MR) is 98.0 cm³/mol. The summed E-state index contributed by atoms with van der Waals surface area (Å²) >= 11 is 0. The lowest BCUT2D eigenvalue weighted by Crippen LogP contribution is -2.56. The minimum atomic E-state index is -0.512. The number of ether oxygens (including phenoxy) is 1. The molecule has 2 atom stereocenters. The highest BCUT2D eigenvalue weighted by Gasteiger charge is 2.33. The third-order valence-corrected chi connectivity index (χ3v) is 4.78. The molecule has 0 unspecified atom stereocenters. The molecule has 0 bridgehead atoms. The number of amides is 2. The molecule has 2 aliphatic rings. The molecule has 1 aromatic carbocycles. The van der Waals surface area contributed by atoms with Gasteiger partial charge in [0.1, 0.15) is 11.9 Å². The first-order valence-corrected chi connectivity index (χ1v) is 8.75. The Balaban J connectivity index is 0.00000243. The highest BCUT2D eigenvalue weighted by atomic mass is 35.5. The van der Waals surface area contributed by atoms with Crippen LogP contribution in [0.15, 0.2) is 24.3 Å². The van der Waals surface area contributed by atoms with E-state index < -0.39 is 5.82 Å². The zero-order valence-electron chi connectivity index (χ0n) is 14.8. The number of morpholine rings is 1. The standard InChI is InChI=1S/C18H24FN3O3.ClH/c1-13-16(20-7-12-25-13)18(24)22-9-4-8-21(10-11-22)17(23)14-5-2-3-6-15(14)19;/h2-3,5-6,13,16,20H,4,7-12H2,1H3;1H/t13-,16+;/m1./s1. The van der Waals surface area contributed by atoms with Crippen molar-refractivity contribution >= 4 is 24.2 Å². The molecule has 3 rings (SSSR count). The number of hydrogen-bond acceptors (Lipinski definition) is 4. The van der Waals surface area contributed by atoms with Gasteiger partial charge >= 0.3 is 0 Å². The second kappa shape index (κ2) is 9.30. The number of nitrogens with zero attached hydrogens (tertiary/aromatic N) is 2. The molecule has 1 aromatic rings. The Morgan fingerprint density at radius 3 is 2.58 bits per heavy atom. The molecular weight excluding hydrogens is 361 g/mol. The fraction of sp³-hybridized carbons (Fsp3) is 0.556. The number of rotatable bonds is 2. The van der Waals surface area contributed by atoms with Gasteiger partial charge in [-0.3, -0.25) is 9.59 Å². The van der Waals surface area contributed by atoms with Gasteiger partial charge in [-0.15, -0.1) is 12.4 Å². The maximum Gasteiger partial charge on any atom is 0.256 e. The summed E-state index contributed by atoms with van der Waals surface area (Å²) in [6.45, 7) is 5.11. The van der Waals surface area contributed by atoms with Gasteiger partial charge < -0.3 is 19.9 Å². The van der Waals surface area contributed by atoms with Crippen LogP contribution in [0, 0.1) is 5.82 Å². The molecular formula is C18H25ClFN3O3. The Bertz CT molecular complexity index is 646. The molecule has 2 amide bonds. The van der Waals surface area contributed by atoms with E-state index in [9.17, 15) is 14.0 Å². The van der Waals surface area contributed by atoms with Gasteiger partial charge in [-0.1, -0.05) is 12.1 Å². The summed E-state index contributed by atoms with van der Waals surface area (Å²) in [7, 11) is 0. The average molecular weight is 386 g/mol. The van der Waals surface area contributed by atoms with E-state index in [1.165, 1.54) is 12.1 Å². The SMILES string of the molecule is C[C@H]1OCCN[C@@H]1C(=O)N1CCCN(C(=O)c2ccccc2F)CC1.Cl. The summed E-state index contributed by atoms with van der Waals surface area (Å²) in [5.41, 5.74) is 0.0817. The smallest absolute Gasteiger partial charge is 0.256 e. The lowest BCUT2D eigenvalue weighted by Gasteiger charge is -2.33. The Hall–Kier alpha value is -1.70. The van der Waals surface area contributed by atoms with E-state index in [2.05, 4.69) is 5.32 Å². The summed E-state index contributed by atoms with van der Waals surface area (Å²) in [5, 5.41) is 3.21. The van der Waals surface area contributed by atoms with E-state index in [4.69, 9.17) is 4.74 Å². The van der Waals surface area contributed by atoms with Crippen molar-refractivity contribution < 1.29 is 18.7 Å². The second-order valence-electron chi connectivity index (χ2n) is 6.46. The molecule has 2 aliphatic heterocycles. The molecule has 144 valence electrons. The van der Waals surface area contributed by atoms with E-state index >= 15 is 0 Å². The molecule has 2 fully saturated rings. The van der Waals surface area contributed by atoms with Crippen LogP contribution in [0.1, 0.15) is 23.7 Å². The second-order valence-corrected chi connectivity index (χ2v) is 6.46. The molecule has 6 nitrogen and oxygen atoms in total. The molecule has 2 heterocycles. The minimum Gasteiger partial charge on any atom is -0.375 e. The monoisotopic (exact) mass is 385 g/mol. The lowest BCUT2D eigenvalue weighted by molar-refractivity contribution is -0.139.